The summed E-state index contributed by atoms with van der Waals surface area (Å²) in [6.45, 7) is 4.08. The number of amides is 1. The molecule has 1 saturated heterocycles. The summed E-state index contributed by atoms with van der Waals surface area (Å²) < 4.78 is 0. The first-order valence-electron chi connectivity index (χ1n) is 9.44. The number of H-pyrrole nitrogens is 2. The predicted molar refractivity (Wildman–Crippen MR) is 110 cm³/mol. The summed E-state index contributed by atoms with van der Waals surface area (Å²) in [7, 11) is 0. The minimum atomic E-state index is -0.741. The molecule has 3 aromatic rings. The second kappa shape index (κ2) is 7.34. The van der Waals surface area contributed by atoms with Crippen molar-refractivity contribution in [3.8, 4) is 0 Å². The van der Waals surface area contributed by atoms with Crippen LogP contribution in [0.2, 0.25) is 0 Å². The Morgan fingerprint density at radius 2 is 1.64 bits per heavy atom. The first-order valence-corrected chi connectivity index (χ1v) is 9.44. The third-order valence-electron chi connectivity index (χ3n) is 5.03. The summed E-state index contributed by atoms with van der Waals surface area (Å²) in [5, 5.41) is 2.94. The second-order valence-corrected chi connectivity index (χ2v) is 7.23. The molecule has 144 valence electrons. The topological polar surface area (TPSA) is 98.1 Å². The lowest BCUT2D eigenvalue weighted by Gasteiger charge is -2.29. The Labute approximate surface area is 161 Å². The Balaban J connectivity index is 1.60. The summed E-state index contributed by atoms with van der Waals surface area (Å²) >= 11 is 0. The van der Waals surface area contributed by atoms with Crippen LogP contribution >= 0.6 is 0 Å². The number of aromatic amines is 2. The van der Waals surface area contributed by atoms with Crippen molar-refractivity contribution in [2.24, 2.45) is 0 Å². The van der Waals surface area contributed by atoms with E-state index in [1.807, 2.05) is 19.1 Å². The van der Waals surface area contributed by atoms with Gasteiger partial charge in [-0.15, -0.1) is 0 Å². The molecular formula is C21H22N4O3. The van der Waals surface area contributed by atoms with E-state index in [9.17, 15) is 14.4 Å². The van der Waals surface area contributed by atoms with E-state index < -0.39 is 11.1 Å². The zero-order valence-electron chi connectivity index (χ0n) is 15.7. The Morgan fingerprint density at radius 1 is 0.929 bits per heavy atom. The highest BCUT2D eigenvalue weighted by atomic mass is 16.2. The SMILES string of the molecule is Cc1cc(NC(=O)c2ccc3[nH]c(=O)c(=O)[nH]c3c2)cc(N2CCCCC2)c1. The van der Waals surface area contributed by atoms with E-state index in [-0.39, 0.29) is 5.91 Å². The molecular weight excluding hydrogens is 356 g/mol. The Morgan fingerprint density at radius 3 is 2.39 bits per heavy atom. The van der Waals surface area contributed by atoms with Gasteiger partial charge in [-0.1, -0.05) is 0 Å². The molecule has 1 aliphatic rings. The van der Waals surface area contributed by atoms with E-state index in [2.05, 4.69) is 26.3 Å². The lowest BCUT2D eigenvalue weighted by molar-refractivity contribution is 0.102. The normalized spacial score (nSPS) is 14.2. The van der Waals surface area contributed by atoms with Crippen LogP contribution in [0.3, 0.4) is 0 Å². The number of carbonyl (C=O) groups is 1. The van der Waals surface area contributed by atoms with Crippen molar-refractivity contribution >= 4 is 28.3 Å². The number of nitrogens with one attached hydrogen (secondary N) is 3. The Hall–Kier alpha value is -3.35. The molecule has 28 heavy (non-hydrogen) atoms. The molecule has 0 unspecified atom stereocenters. The van der Waals surface area contributed by atoms with Crippen LogP contribution in [0, 0.1) is 6.92 Å². The van der Waals surface area contributed by atoms with Crippen LogP contribution in [-0.2, 0) is 0 Å². The van der Waals surface area contributed by atoms with Gasteiger partial charge in [0.2, 0.25) is 0 Å². The molecule has 0 radical (unpaired) electrons. The maximum Gasteiger partial charge on any atom is 0.314 e. The van der Waals surface area contributed by atoms with Crippen LogP contribution in [-0.4, -0.2) is 29.0 Å². The van der Waals surface area contributed by atoms with Crippen molar-refractivity contribution in [2.45, 2.75) is 26.2 Å². The molecule has 0 saturated carbocycles. The molecule has 7 nitrogen and oxygen atoms in total. The van der Waals surface area contributed by atoms with Crippen LogP contribution in [0.5, 0.6) is 0 Å². The highest BCUT2D eigenvalue weighted by Gasteiger charge is 2.14. The third kappa shape index (κ3) is 3.69. The summed E-state index contributed by atoms with van der Waals surface area (Å²) in [5.74, 6) is -0.274. The number of nitrogens with zero attached hydrogens (tertiary/aromatic N) is 1. The summed E-state index contributed by atoms with van der Waals surface area (Å²) in [6, 6.07) is 10.9. The first-order chi connectivity index (χ1) is 13.5. The predicted octanol–water partition coefficient (Wildman–Crippen LogP) is 2.77. The van der Waals surface area contributed by atoms with Gasteiger partial charge in [-0.3, -0.25) is 14.4 Å². The average molecular weight is 378 g/mol. The van der Waals surface area contributed by atoms with Gasteiger partial charge in [-0.05, 0) is 68.1 Å². The fraction of sp³-hybridized carbons (Fsp3) is 0.286. The third-order valence-corrected chi connectivity index (χ3v) is 5.03. The lowest BCUT2D eigenvalue weighted by Crippen LogP contribution is -2.29. The number of aryl methyl sites for hydroxylation is 1. The van der Waals surface area contributed by atoms with E-state index in [4.69, 9.17) is 0 Å². The second-order valence-electron chi connectivity index (χ2n) is 7.23. The maximum absolute atomic E-state index is 12.7. The number of aromatic nitrogens is 2. The van der Waals surface area contributed by atoms with Gasteiger partial charge >= 0.3 is 11.1 Å². The summed E-state index contributed by atoms with van der Waals surface area (Å²) in [4.78, 5) is 43.0. The molecule has 2 heterocycles. The standard InChI is InChI=1S/C21H22N4O3/c1-13-9-15(12-16(10-13)25-7-3-2-4-8-25)22-19(26)14-5-6-17-18(11-14)24-21(28)20(27)23-17/h5-6,9-12H,2-4,7-8H2,1H3,(H,22,26)(H,23,27)(H,24,28). The number of anilines is 2. The van der Waals surface area contributed by atoms with Crippen molar-refractivity contribution in [1.29, 1.82) is 0 Å². The number of hydrogen-bond acceptors (Lipinski definition) is 4. The molecule has 1 fully saturated rings. The molecule has 1 aliphatic heterocycles. The van der Waals surface area contributed by atoms with Crippen LogP contribution in [0.1, 0.15) is 35.2 Å². The number of benzene rings is 2. The molecule has 7 heteroatoms. The molecule has 0 bridgehead atoms. The molecule has 4 rings (SSSR count). The average Bonchev–Trinajstić information content (AvgIpc) is 2.68. The minimum Gasteiger partial charge on any atom is -0.371 e. The highest BCUT2D eigenvalue weighted by Crippen LogP contribution is 2.25. The quantitative estimate of drug-likeness (QED) is 0.611. The van der Waals surface area contributed by atoms with Crippen LogP contribution in [0.4, 0.5) is 11.4 Å². The minimum absolute atomic E-state index is 0.274. The highest BCUT2D eigenvalue weighted by molar-refractivity contribution is 6.06. The van der Waals surface area contributed by atoms with Crippen LogP contribution in [0.15, 0.2) is 46.0 Å². The van der Waals surface area contributed by atoms with Gasteiger partial charge in [0.25, 0.3) is 5.91 Å². The largest absolute Gasteiger partial charge is 0.371 e. The molecule has 0 atom stereocenters. The molecule has 3 N–H and O–H groups in total. The fourth-order valence-corrected chi connectivity index (χ4v) is 3.63. The van der Waals surface area contributed by atoms with Gasteiger partial charge in [0, 0.05) is 30.0 Å². The van der Waals surface area contributed by atoms with Crippen LogP contribution in [0.25, 0.3) is 11.0 Å². The number of rotatable bonds is 3. The van der Waals surface area contributed by atoms with Crippen molar-refractivity contribution in [3.05, 3.63) is 68.2 Å². The van der Waals surface area contributed by atoms with Gasteiger partial charge < -0.3 is 20.2 Å². The van der Waals surface area contributed by atoms with Gasteiger partial charge in [0.15, 0.2) is 0 Å². The van der Waals surface area contributed by atoms with E-state index in [0.29, 0.717) is 16.6 Å². The van der Waals surface area contributed by atoms with Gasteiger partial charge in [0.05, 0.1) is 11.0 Å². The summed E-state index contributed by atoms with van der Waals surface area (Å²) in [5.41, 5.74) is 2.77. The Bertz CT molecular complexity index is 1160. The monoisotopic (exact) mass is 378 g/mol. The number of fused-ring (bicyclic) bond motifs is 1. The van der Waals surface area contributed by atoms with E-state index >= 15 is 0 Å². The first kappa shape index (κ1) is 18.0. The lowest BCUT2D eigenvalue weighted by atomic mass is 10.1. The van der Waals surface area contributed by atoms with Crippen molar-refractivity contribution < 1.29 is 4.79 Å². The zero-order chi connectivity index (χ0) is 19.7. The van der Waals surface area contributed by atoms with Crippen LogP contribution < -0.4 is 21.3 Å². The molecule has 2 aromatic carbocycles. The smallest absolute Gasteiger partial charge is 0.314 e. The fourth-order valence-electron chi connectivity index (χ4n) is 3.63. The molecule has 1 amide bonds. The van der Waals surface area contributed by atoms with Gasteiger partial charge in [-0.25, -0.2) is 0 Å². The zero-order valence-corrected chi connectivity index (χ0v) is 15.7. The molecule has 0 spiro atoms. The molecule has 1 aromatic heterocycles. The molecule has 0 aliphatic carbocycles. The van der Waals surface area contributed by atoms with Crippen molar-refractivity contribution in [3.63, 3.8) is 0 Å². The summed E-state index contributed by atoms with van der Waals surface area (Å²) in [6.07, 6.45) is 3.64. The van der Waals surface area contributed by atoms with E-state index in [1.165, 1.54) is 19.3 Å². The van der Waals surface area contributed by atoms with Gasteiger partial charge in [-0.2, -0.15) is 0 Å². The van der Waals surface area contributed by atoms with Crippen molar-refractivity contribution in [2.75, 3.05) is 23.3 Å². The van der Waals surface area contributed by atoms with Crippen molar-refractivity contribution in [1.82, 2.24) is 9.97 Å². The van der Waals surface area contributed by atoms with E-state index in [1.54, 1.807) is 18.2 Å². The maximum atomic E-state index is 12.7. The number of hydrogen-bond donors (Lipinski definition) is 3. The number of carbonyl (C=O) groups excluding carboxylic acids is 1. The number of piperidine rings is 1. The Kier molecular flexibility index (Phi) is 4.73. The van der Waals surface area contributed by atoms with Gasteiger partial charge in [0.1, 0.15) is 0 Å². The van der Waals surface area contributed by atoms with E-state index in [0.717, 1.165) is 30.0 Å².